The van der Waals surface area contributed by atoms with Gasteiger partial charge in [0, 0.05) is 18.6 Å². The van der Waals surface area contributed by atoms with Crippen molar-refractivity contribution in [2.45, 2.75) is 50.4 Å². The van der Waals surface area contributed by atoms with Crippen molar-refractivity contribution in [1.29, 1.82) is 0 Å². The first-order valence-electron chi connectivity index (χ1n) is 5.72. The second kappa shape index (κ2) is 3.78. The molecular formula is C11H21FN2. The van der Waals surface area contributed by atoms with Crippen molar-refractivity contribution in [1.82, 2.24) is 10.2 Å². The summed E-state index contributed by atoms with van der Waals surface area (Å²) in [6.07, 6.45) is 3.86. The Balaban J connectivity index is 1.71. The molecule has 0 amide bonds. The van der Waals surface area contributed by atoms with Crippen molar-refractivity contribution >= 4 is 0 Å². The summed E-state index contributed by atoms with van der Waals surface area (Å²) in [5, 5.41) is 3.37. The molecule has 1 N–H and O–H groups in total. The molecule has 2 fully saturated rings. The Labute approximate surface area is 85.9 Å². The minimum absolute atomic E-state index is 0.537. The lowest BCUT2D eigenvalue weighted by Gasteiger charge is -2.35. The number of hydrogen-bond donors (Lipinski definition) is 1. The first-order valence-corrected chi connectivity index (χ1v) is 5.72. The van der Waals surface area contributed by atoms with Gasteiger partial charge in [0.2, 0.25) is 0 Å². The molecule has 2 aliphatic rings. The van der Waals surface area contributed by atoms with Gasteiger partial charge in [0.1, 0.15) is 5.67 Å². The zero-order chi connectivity index (χ0) is 10.2. The zero-order valence-electron chi connectivity index (χ0n) is 9.22. The van der Waals surface area contributed by atoms with Gasteiger partial charge >= 0.3 is 0 Å². The molecule has 3 heteroatoms. The molecule has 2 atom stereocenters. The van der Waals surface area contributed by atoms with Gasteiger partial charge in [-0.3, -0.25) is 0 Å². The first kappa shape index (κ1) is 10.4. The Bertz CT molecular complexity index is 203. The fraction of sp³-hybridized carbons (Fsp3) is 1.00. The molecular weight excluding hydrogens is 179 g/mol. The Morgan fingerprint density at radius 1 is 1.50 bits per heavy atom. The monoisotopic (exact) mass is 200 g/mol. The largest absolute Gasteiger partial charge is 0.311 e. The van der Waals surface area contributed by atoms with Crippen LogP contribution in [-0.2, 0) is 0 Å². The quantitative estimate of drug-likeness (QED) is 0.744. The third-order valence-corrected chi connectivity index (χ3v) is 3.71. The maximum atomic E-state index is 13.4. The number of rotatable bonds is 3. The van der Waals surface area contributed by atoms with Crippen molar-refractivity contribution in [2.75, 3.05) is 20.1 Å². The van der Waals surface area contributed by atoms with Crippen LogP contribution in [0.2, 0.25) is 0 Å². The van der Waals surface area contributed by atoms with E-state index in [4.69, 9.17) is 0 Å². The molecule has 2 nitrogen and oxygen atoms in total. The molecule has 1 saturated heterocycles. The fourth-order valence-electron chi connectivity index (χ4n) is 2.11. The van der Waals surface area contributed by atoms with E-state index in [0.717, 1.165) is 32.2 Å². The molecule has 82 valence electrons. The van der Waals surface area contributed by atoms with Crippen LogP contribution in [0.4, 0.5) is 4.39 Å². The van der Waals surface area contributed by atoms with Crippen molar-refractivity contribution < 1.29 is 4.39 Å². The Morgan fingerprint density at radius 3 is 2.79 bits per heavy atom. The molecule has 1 aliphatic carbocycles. The second-order valence-electron chi connectivity index (χ2n) is 5.08. The van der Waals surface area contributed by atoms with Crippen LogP contribution in [0.1, 0.15) is 32.6 Å². The van der Waals surface area contributed by atoms with E-state index in [1.807, 2.05) is 0 Å². The van der Waals surface area contributed by atoms with E-state index in [0.29, 0.717) is 18.6 Å². The van der Waals surface area contributed by atoms with Gasteiger partial charge in [0.25, 0.3) is 0 Å². The first-order chi connectivity index (χ1) is 6.59. The van der Waals surface area contributed by atoms with Gasteiger partial charge in [0.15, 0.2) is 0 Å². The van der Waals surface area contributed by atoms with E-state index < -0.39 is 5.67 Å². The summed E-state index contributed by atoms with van der Waals surface area (Å²) in [6.45, 7) is 3.96. The SMILES string of the molecule is CC1CC(NCC2(F)CC2)CCN1C. The Morgan fingerprint density at radius 2 is 2.21 bits per heavy atom. The molecule has 1 saturated carbocycles. The van der Waals surface area contributed by atoms with Crippen LogP contribution < -0.4 is 5.32 Å². The molecule has 0 spiro atoms. The number of nitrogens with zero attached hydrogens (tertiary/aromatic N) is 1. The molecule has 0 bridgehead atoms. The summed E-state index contributed by atoms with van der Waals surface area (Å²) in [6, 6.07) is 1.17. The van der Waals surface area contributed by atoms with E-state index in [-0.39, 0.29) is 0 Å². The van der Waals surface area contributed by atoms with Gasteiger partial charge in [-0.2, -0.15) is 0 Å². The third kappa shape index (κ3) is 2.45. The maximum Gasteiger partial charge on any atom is 0.123 e. The molecule has 1 heterocycles. The van der Waals surface area contributed by atoms with Crippen LogP contribution in [0, 0.1) is 0 Å². The topological polar surface area (TPSA) is 15.3 Å². The minimum Gasteiger partial charge on any atom is -0.311 e. The van der Waals surface area contributed by atoms with E-state index in [9.17, 15) is 4.39 Å². The molecule has 0 aromatic rings. The van der Waals surface area contributed by atoms with Gasteiger partial charge in [-0.05, 0) is 46.2 Å². The summed E-state index contributed by atoms with van der Waals surface area (Å²) in [7, 11) is 2.17. The molecule has 2 rings (SSSR count). The van der Waals surface area contributed by atoms with E-state index >= 15 is 0 Å². The number of halogens is 1. The van der Waals surface area contributed by atoms with E-state index in [1.165, 1.54) is 0 Å². The van der Waals surface area contributed by atoms with Gasteiger partial charge < -0.3 is 10.2 Å². The number of piperidine rings is 1. The van der Waals surface area contributed by atoms with Crippen LogP contribution in [0.5, 0.6) is 0 Å². The summed E-state index contributed by atoms with van der Waals surface area (Å²) in [5.41, 5.74) is -0.841. The summed E-state index contributed by atoms with van der Waals surface area (Å²) >= 11 is 0. The summed E-state index contributed by atoms with van der Waals surface area (Å²) < 4.78 is 13.4. The van der Waals surface area contributed by atoms with Gasteiger partial charge in [-0.1, -0.05) is 0 Å². The predicted molar refractivity (Wildman–Crippen MR) is 56.2 cm³/mol. The van der Waals surface area contributed by atoms with E-state index in [2.05, 4.69) is 24.2 Å². The highest BCUT2D eigenvalue weighted by molar-refractivity contribution is 4.97. The Kier molecular flexibility index (Phi) is 2.80. The fourth-order valence-corrected chi connectivity index (χ4v) is 2.11. The Hall–Kier alpha value is -0.150. The lowest BCUT2D eigenvalue weighted by molar-refractivity contribution is 0.160. The number of hydrogen-bond acceptors (Lipinski definition) is 2. The average molecular weight is 200 g/mol. The number of nitrogens with one attached hydrogen (secondary N) is 1. The summed E-state index contributed by atoms with van der Waals surface area (Å²) in [4.78, 5) is 2.38. The van der Waals surface area contributed by atoms with Gasteiger partial charge in [-0.25, -0.2) is 4.39 Å². The van der Waals surface area contributed by atoms with Crippen molar-refractivity contribution in [3.8, 4) is 0 Å². The van der Waals surface area contributed by atoms with Crippen LogP contribution in [0.25, 0.3) is 0 Å². The second-order valence-corrected chi connectivity index (χ2v) is 5.08. The molecule has 0 radical (unpaired) electrons. The smallest absolute Gasteiger partial charge is 0.123 e. The van der Waals surface area contributed by atoms with Crippen molar-refractivity contribution in [2.24, 2.45) is 0 Å². The van der Waals surface area contributed by atoms with Crippen molar-refractivity contribution in [3.63, 3.8) is 0 Å². The van der Waals surface area contributed by atoms with Gasteiger partial charge in [-0.15, -0.1) is 0 Å². The van der Waals surface area contributed by atoms with Crippen LogP contribution in [0.3, 0.4) is 0 Å². The van der Waals surface area contributed by atoms with Gasteiger partial charge in [0.05, 0.1) is 0 Å². The summed E-state index contributed by atoms with van der Waals surface area (Å²) in [5.74, 6) is 0. The molecule has 14 heavy (non-hydrogen) atoms. The third-order valence-electron chi connectivity index (χ3n) is 3.71. The number of likely N-dealkylation sites (tertiary alicyclic amines) is 1. The lowest BCUT2D eigenvalue weighted by Crippen LogP contribution is -2.47. The van der Waals surface area contributed by atoms with E-state index in [1.54, 1.807) is 0 Å². The predicted octanol–water partition coefficient (Wildman–Crippen LogP) is 1.56. The number of alkyl halides is 1. The van der Waals surface area contributed by atoms with Crippen molar-refractivity contribution in [3.05, 3.63) is 0 Å². The maximum absolute atomic E-state index is 13.4. The highest BCUT2D eigenvalue weighted by atomic mass is 19.1. The minimum atomic E-state index is -0.841. The van der Waals surface area contributed by atoms with Crippen LogP contribution in [-0.4, -0.2) is 42.8 Å². The lowest BCUT2D eigenvalue weighted by atomic mass is 9.99. The standard InChI is InChI=1S/C11H21FN2/c1-9-7-10(3-6-14(9)2)13-8-11(12)4-5-11/h9-10,13H,3-8H2,1-2H3. The molecule has 0 aromatic heterocycles. The van der Waals surface area contributed by atoms with Crippen LogP contribution in [0.15, 0.2) is 0 Å². The highest BCUT2D eigenvalue weighted by Gasteiger charge is 2.43. The normalized spacial score (nSPS) is 37.1. The molecule has 1 aliphatic heterocycles. The highest BCUT2D eigenvalue weighted by Crippen LogP contribution is 2.39. The molecule has 2 unspecified atom stereocenters. The average Bonchev–Trinajstić information content (AvgIpc) is 2.87. The molecule has 0 aromatic carbocycles. The van der Waals surface area contributed by atoms with Crippen LogP contribution >= 0.6 is 0 Å². The zero-order valence-corrected chi connectivity index (χ0v) is 9.22.